The fraction of sp³-hybridized carbons (Fsp3) is 0. The van der Waals surface area contributed by atoms with Crippen LogP contribution in [0.1, 0.15) is 21.5 Å². The Morgan fingerprint density at radius 3 is 1.83 bits per heavy atom. The molecule has 0 aliphatic rings. The van der Waals surface area contributed by atoms with E-state index in [0.29, 0.717) is 5.56 Å². The second-order valence-corrected chi connectivity index (χ2v) is 3.81. The van der Waals surface area contributed by atoms with Gasteiger partial charge in [-0.3, -0.25) is 4.79 Å². The van der Waals surface area contributed by atoms with Gasteiger partial charge in [-0.1, -0.05) is 30.0 Å². The molecule has 0 aromatic heterocycles. The van der Waals surface area contributed by atoms with Crippen LogP contribution in [0.5, 0.6) is 0 Å². The highest BCUT2D eigenvalue weighted by Gasteiger charge is 1.99. The normalized spacial score (nSPS) is 8.72. The van der Waals surface area contributed by atoms with Gasteiger partial charge in [0.15, 0.2) is 0 Å². The molecule has 0 unspecified atom stereocenters. The van der Waals surface area contributed by atoms with Crippen LogP contribution in [0.15, 0.2) is 54.6 Å². The lowest BCUT2D eigenvalue weighted by Crippen LogP contribution is -1.87. The summed E-state index contributed by atoms with van der Waals surface area (Å²) in [6, 6.07) is 16.6. The van der Waals surface area contributed by atoms with Gasteiger partial charge in [0.2, 0.25) is 0 Å². The fourth-order valence-electron chi connectivity index (χ4n) is 1.35. The molecule has 0 N–H and O–H groups in total. The molecule has 0 heterocycles. The van der Waals surface area contributed by atoms with Gasteiger partial charge in [0.05, 0.1) is 0 Å². The van der Waals surface area contributed by atoms with Gasteiger partial charge in [0.25, 0.3) is 5.24 Å². The van der Waals surface area contributed by atoms with E-state index in [2.05, 4.69) is 11.8 Å². The first-order valence-corrected chi connectivity index (χ1v) is 5.50. The number of hydrogen-bond donors (Lipinski definition) is 0. The Morgan fingerprint density at radius 2 is 1.33 bits per heavy atom. The zero-order chi connectivity index (χ0) is 12.1. The Balaban J connectivity index is 0.00000162. The van der Waals surface area contributed by atoms with Crippen molar-refractivity contribution in [2.45, 2.75) is 0 Å². The summed E-state index contributed by atoms with van der Waals surface area (Å²) in [7, 11) is 0. The molecule has 0 saturated heterocycles. The molecule has 0 aliphatic heterocycles. The molecule has 0 amide bonds. The van der Waals surface area contributed by atoms with Gasteiger partial charge in [-0.2, -0.15) is 0 Å². The van der Waals surface area contributed by atoms with Crippen LogP contribution in [0.25, 0.3) is 0 Å². The summed E-state index contributed by atoms with van der Waals surface area (Å²) >= 11 is 5.35. The van der Waals surface area contributed by atoms with Crippen LogP contribution in [-0.4, -0.2) is 5.24 Å². The molecule has 0 atom stereocenters. The van der Waals surface area contributed by atoms with Gasteiger partial charge >= 0.3 is 0 Å². The molecule has 90 valence electrons. The average Bonchev–Trinajstić information content (AvgIpc) is 2.38. The van der Waals surface area contributed by atoms with E-state index in [0.717, 1.165) is 11.1 Å². The number of halogens is 2. The standard InChI is InChI=1S/C15H9ClO.ClH/c16-15(17)14-10-8-13(9-11-14)7-6-12-4-2-1-3-5-12;/h1-5,8-11H;1H. The summed E-state index contributed by atoms with van der Waals surface area (Å²) < 4.78 is 0. The molecule has 0 saturated carbocycles. The third kappa shape index (κ3) is 3.92. The molecule has 2 aromatic rings. The molecule has 3 heteroatoms. The maximum Gasteiger partial charge on any atom is 0.252 e. The van der Waals surface area contributed by atoms with E-state index in [1.165, 1.54) is 0 Å². The predicted octanol–water partition coefficient (Wildman–Crippen LogP) is 3.89. The Bertz CT molecular complexity index is 577. The lowest BCUT2D eigenvalue weighted by molar-refractivity contribution is 0.108. The molecule has 0 fully saturated rings. The Kier molecular flexibility index (Phi) is 5.45. The summed E-state index contributed by atoms with van der Waals surface area (Å²) in [4.78, 5) is 10.9. The van der Waals surface area contributed by atoms with Crippen molar-refractivity contribution in [3.63, 3.8) is 0 Å². The van der Waals surface area contributed by atoms with Gasteiger partial charge < -0.3 is 0 Å². The van der Waals surface area contributed by atoms with Crippen LogP contribution in [0.2, 0.25) is 0 Å². The summed E-state index contributed by atoms with van der Waals surface area (Å²) in [6.45, 7) is 0. The van der Waals surface area contributed by atoms with Crippen LogP contribution < -0.4 is 0 Å². The molecule has 0 bridgehead atoms. The molecule has 0 aliphatic carbocycles. The van der Waals surface area contributed by atoms with Crippen molar-refractivity contribution in [2.75, 3.05) is 0 Å². The van der Waals surface area contributed by atoms with Crippen molar-refractivity contribution in [3.8, 4) is 11.8 Å². The molecule has 2 rings (SSSR count). The minimum absolute atomic E-state index is 0. The number of carbonyl (C=O) groups is 1. The fourth-order valence-corrected chi connectivity index (χ4v) is 1.48. The topological polar surface area (TPSA) is 17.1 Å². The molecule has 1 nitrogen and oxygen atoms in total. The molecule has 0 spiro atoms. The second kappa shape index (κ2) is 6.86. The van der Waals surface area contributed by atoms with Gasteiger partial charge in [-0.15, -0.1) is 12.4 Å². The lowest BCUT2D eigenvalue weighted by Gasteiger charge is -1.93. The average molecular weight is 277 g/mol. The smallest absolute Gasteiger partial charge is 0.252 e. The zero-order valence-electron chi connectivity index (χ0n) is 9.39. The summed E-state index contributed by atoms with van der Waals surface area (Å²) in [6.07, 6.45) is 0. The third-order valence-corrected chi connectivity index (χ3v) is 2.46. The third-order valence-electron chi connectivity index (χ3n) is 2.24. The van der Waals surface area contributed by atoms with Crippen molar-refractivity contribution in [1.29, 1.82) is 0 Å². The van der Waals surface area contributed by atoms with Crippen molar-refractivity contribution < 1.29 is 4.79 Å². The van der Waals surface area contributed by atoms with E-state index in [1.54, 1.807) is 24.3 Å². The molecular formula is C15H10Cl2O. The second-order valence-electron chi connectivity index (χ2n) is 3.47. The van der Waals surface area contributed by atoms with Crippen LogP contribution >= 0.6 is 24.0 Å². The Morgan fingerprint density at radius 1 is 0.833 bits per heavy atom. The van der Waals surface area contributed by atoms with Crippen LogP contribution in [0.4, 0.5) is 0 Å². The number of benzene rings is 2. The van der Waals surface area contributed by atoms with Crippen molar-refractivity contribution in [3.05, 3.63) is 71.3 Å². The zero-order valence-corrected chi connectivity index (χ0v) is 11.0. The summed E-state index contributed by atoms with van der Waals surface area (Å²) in [5.74, 6) is 6.06. The molecular weight excluding hydrogens is 267 g/mol. The van der Waals surface area contributed by atoms with Gasteiger partial charge in [-0.25, -0.2) is 0 Å². The highest BCUT2D eigenvalue weighted by molar-refractivity contribution is 6.67. The van der Waals surface area contributed by atoms with E-state index in [1.807, 2.05) is 30.3 Å². The highest BCUT2D eigenvalue weighted by atomic mass is 35.5. The first-order chi connectivity index (χ1) is 8.25. The van der Waals surface area contributed by atoms with Crippen molar-refractivity contribution in [2.24, 2.45) is 0 Å². The minimum atomic E-state index is -0.451. The maximum absolute atomic E-state index is 10.9. The Hall–Kier alpha value is -1.75. The van der Waals surface area contributed by atoms with E-state index in [9.17, 15) is 4.79 Å². The predicted molar refractivity (Wildman–Crippen MR) is 76.3 cm³/mol. The number of carbonyl (C=O) groups excluding carboxylic acids is 1. The van der Waals surface area contributed by atoms with Crippen molar-refractivity contribution >= 4 is 29.3 Å². The van der Waals surface area contributed by atoms with E-state index in [-0.39, 0.29) is 12.4 Å². The van der Waals surface area contributed by atoms with Gasteiger partial charge in [0.1, 0.15) is 0 Å². The van der Waals surface area contributed by atoms with Crippen LogP contribution in [-0.2, 0) is 0 Å². The molecule has 18 heavy (non-hydrogen) atoms. The summed E-state index contributed by atoms with van der Waals surface area (Å²) in [5.41, 5.74) is 2.30. The maximum atomic E-state index is 10.9. The van der Waals surface area contributed by atoms with E-state index >= 15 is 0 Å². The SMILES string of the molecule is Cl.O=C(Cl)c1ccc(C#Cc2ccccc2)cc1. The number of hydrogen-bond acceptors (Lipinski definition) is 1. The van der Waals surface area contributed by atoms with Crippen molar-refractivity contribution in [1.82, 2.24) is 0 Å². The van der Waals surface area contributed by atoms with Gasteiger partial charge in [0, 0.05) is 16.7 Å². The van der Waals surface area contributed by atoms with Crippen LogP contribution in [0.3, 0.4) is 0 Å². The first-order valence-electron chi connectivity index (χ1n) is 5.13. The van der Waals surface area contributed by atoms with Gasteiger partial charge in [-0.05, 0) is 48.0 Å². The molecule has 2 aromatic carbocycles. The molecule has 0 radical (unpaired) electrons. The van der Waals surface area contributed by atoms with Crippen LogP contribution in [0, 0.1) is 11.8 Å². The summed E-state index contributed by atoms with van der Waals surface area (Å²) in [5, 5.41) is -0.451. The monoisotopic (exact) mass is 276 g/mol. The minimum Gasteiger partial charge on any atom is -0.276 e. The van der Waals surface area contributed by atoms with E-state index in [4.69, 9.17) is 11.6 Å². The number of rotatable bonds is 1. The van der Waals surface area contributed by atoms with E-state index < -0.39 is 5.24 Å². The highest BCUT2D eigenvalue weighted by Crippen LogP contribution is 2.06. The first kappa shape index (κ1) is 14.3. The largest absolute Gasteiger partial charge is 0.276 e. The Labute approximate surface area is 117 Å². The quantitative estimate of drug-likeness (QED) is 0.571. The lowest BCUT2D eigenvalue weighted by atomic mass is 10.1.